The van der Waals surface area contributed by atoms with Gasteiger partial charge in [0.15, 0.2) is 0 Å². The van der Waals surface area contributed by atoms with Crippen molar-refractivity contribution in [3.63, 3.8) is 0 Å². The Morgan fingerprint density at radius 1 is 1.42 bits per heavy atom. The van der Waals surface area contributed by atoms with Crippen LogP contribution in [0, 0.1) is 10.1 Å². The van der Waals surface area contributed by atoms with E-state index in [0.29, 0.717) is 19.8 Å². The van der Waals surface area contributed by atoms with E-state index in [2.05, 4.69) is 21.2 Å². The number of nitrogens with zero attached hydrogens (tertiary/aromatic N) is 1. The molecule has 0 aliphatic heterocycles. The molecule has 0 bridgehead atoms. The molecule has 19 heavy (non-hydrogen) atoms. The van der Waals surface area contributed by atoms with Gasteiger partial charge in [0.2, 0.25) is 0 Å². The molecule has 0 spiro atoms. The molecular formula is C12H17BrN2O4. The van der Waals surface area contributed by atoms with Crippen molar-refractivity contribution in [2.24, 2.45) is 0 Å². The SMILES string of the molecule is O=[N+]([O-])c1ccc(CNCCCOCCO)c(Br)c1. The molecule has 0 atom stereocenters. The Morgan fingerprint density at radius 2 is 2.21 bits per heavy atom. The Morgan fingerprint density at radius 3 is 2.84 bits per heavy atom. The summed E-state index contributed by atoms with van der Waals surface area (Å²) >= 11 is 3.32. The molecule has 0 aliphatic carbocycles. The zero-order valence-corrected chi connectivity index (χ0v) is 12.1. The lowest BCUT2D eigenvalue weighted by atomic mass is 10.2. The number of aliphatic hydroxyl groups is 1. The van der Waals surface area contributed by atoms with E-state index in [1.54, 1.807) is 6.07 Å². The Balaban J connectivity index is 2.28. The molecule has 1 rings (SSSR count). The first-order chi connectivity index (χ1) is 9.15. The minimum Gasteiger partial charge on any atom is -0.394 e. The van der Waals surface area contributed by atoms with Gasteiger partial charge in [-0.2, -0.15) is 0 Å². The number of hydrogen-bond acceptors (Lipinski definition) is 5. The van der Waals surface area contributed by atoms with Crippen molar-refractivity contribution in [1.82, 2.24) is 5.32 Å². The second-order valence-electron chi connectivity index (χ2n) is 3.90. The fraction of sp³-hybridized carbons (Fsp3) is 0.500. The van der Waals surface area contributed by atoms with Crippen LogP contribution in [0.5, 0.6) is 0 Å². The molecule has 1 aromatic carbocycles. The standard InChI is InChI=1S/C12H17BrN2O4/c13-12-8-11(15(17)18)3-2-10(12)9-14-4-1-6-19-7-5-16/h2-3,8,14,16H,1,4-7,9H2. The van der Waals surface area contributed by atoms with Crippen LogP contribution in [0.2, 0.25) is 0 Å². The average Bonchev–Trinajstić information content (AvgIpc) is 2.39. The second kappa shape index (κ2) is 8.98. The smallest absolute Gasteiger partial charge is 0.270 e. The van der Waals surface area contributed by atoms with Crippen molar-refractivity contribution in [1.29, 1.82) is 0 Å². The van der Waals surface area contributed by atoms with E-state index in [1.165, 1.54) is 12.1 Å². The molecule has 0 unspecified atom stereocenters. The number of non-ortho nitro benzene ring substituents is 1. The van der Waals surface area contributed by atoms with Crippen LogP contribution in [0.1, 0.15) is 12.0 Å². The van der Waals surface area contributed by atoms with Gasteiger partial charge in [-0.1, -0.05) is 15.9 Å². The van der Waals surface area contributed by atoms with Crippen molar-refractivity contribution < 1.29 is 14.8 Å². The topological polar surface area (TPSA) is 84.6 Å². The van der Waals surface area contributed by atoms with Crippen LogP contribution >= 0.6 is 15.9 Å². The number of nitro groups is 1. The zero-order chi connectivity index (χ0) is 14.1. The summed E-state index contributed by atoms with van der Waals surface area (Å²) in [5.74, 6) is 0. The lowest BCUT2D eigenvalue weighted by molar-refractivity contribution is -0.384. The van der Waals surface area contributed by atoms with Gasteiger partial charge in [-0.25, -0.2) is 0 Å². The van der Waals surface area contributed by atoms with Crippen molar-refractivity contribution in [3.8, 4) is 0 Å². The Hall–Kier alpha value is -1.02. The fourth-order valence-corrected chi connectivity index (χ4v) is 1.99. The molecule has 2 N–H and O–H groups in total. The van der Waals surface area contributed by atoms with Crippen molar-refractivity contribution in [2.45, 2.75) is 13.0 Å². The van der Waals surface area contributed by atoms with Gasteiger partial charge in [-0.3, -0.25) is 10.1 Å². The summed E-state index contributed by atoms with van der Waals surface area (Å²) in [6.45, 7) is 2.44. The number of rotatable bonds is 9. The summed E-state index contributed by atoms with van der Waals surface area (Å²) in [7, 11) is 0. The maximum absolute atomic E-state index is 10.6. The molecule has 0 aromatic heterocycles. The molecule has 0 saturated heterocycles. The number of benzene rings is 1. The van der Waals surface area contributed by atoms with Crippen LogP contribution in [0.25, 0.3) is 0 Å². The van der Waals surface area contributed by atoms with Gasteiger partial charge >= 0.3 is 0 Å². The predicted octanol–water partition coefficient (Wildman–Crippen LogP) is 1.85. The molecule has 6 nitrogen and oxygen atoms in total. The molecule has 0 heterocycles. The van der Waals surface area contributed by atoms with Crippen molar-refractivity contribution in [3.05, 3.63) is 38.3 Å². The second-order valence-corrected chi connectivity index (χ2v) is 4.75. The summed E-state index contributed by atoms with van der Waals surface area (Å²) in [5.41, 5.74) is 1.05. The largest absolute Gasteiger partial charge is 0.394 e. The van der Waals surface area contributed by atoms with E-state index >= 15 is 0 Å². The highest BCUT2D eigenvalue weighted by Gasteiger charge is 2.08. The van der Waals surface area contributed by atoms with E-state index in [-0.39, 0.29) is 12.3 Å². The van der Waals surface area contributed by atoms with Gasteiger partial charge in [0.25, 0.3) is 5.69 Å². The van der Waals surface area contributed by atoms with Crippen LogP contribution in [-0.4, -0.2) is 36.4 Å². The third kappa shape index (κ3) is 6.11. The van der Waals surface area contributed by atoms with Gasteiger partial charge in [-0.15, -0.1) is 0 Å². The van der Waals surface area contributed by atoms with Crippen LogP contribution in [0.3, 0.4) is 0 Å². The predicted molar refractivity (Wildman–Crippen MR) is 75.0 cm³/mol. The lowest BCUT2D eigenvalue weighted by Crippen LogP contribution is -2.17. The van der Waals surface area contributed by atoms with Crippen LogP contribution in [0.15, 0.2) is 22.7 Å². The summed E-state index contributed by atoms with van der Waals surface area (Å²) in [4.78, 5) is 10.2. The Labute approximate surface area is 120 Å². The molecule has 7 heteroatoms. The Bertz CT molecular complexity index is 415. The van der Waals surface area contributed by atoms with Crippen LogP contribution in [0.4, 0.5) is 5.69 Å². The third-order valence-electron chi connectivity index (χ3n) is 2.44. The van der Waals surface area contributed by atoms with E-state index < -0.39 is 4.92 Å². The zero-order valence-electron chi connectivity index (χ0n) is 10.5. The van der Waals surface area contributed by atoms with Crippen molar-refractivity contribution >= 4 is 21.6 Å². The minimum atomic E-state index is -0.416. The number of ether oxygens (including phenoxy) is 1. The van der Waals surface area contributed by atoms with Gasteiger partial charge in [0, 0.05) is 29.8 Å². The van der Waals surface area contributed by atoms with Gasteiger partial charge in [0.05, 0.1) is 18.1 Å². The molecule has 0 fully saturated rings. The van der Waals surface area contributed by atoms with E-state index in [4.69, 9.17) is 9.84 Å². The van der Waals surface area contributed by atoms with E-state index in [1.807, 2.05) is 0 Å². The van der Waals surface area contributed by atoms with Crippen LogP contribution in [-0.2, 0) is 11.3 Å². The highest BCUT2D eigenvalue weighted by atomic mass is 79.9. The first kappa shape index (κ1) is 16.0. The molecule has 0 saturated carbocycles. The number of halogens is 1. The number of aliphatic hydroxyl groups excluding tert-OH is 1. The van der Waals surface area contributed by atoms with Crippen LogP contribution < -0.4 is 5.32 Å². The Kier molecular flexibility index (Phi) is 7.57. The number of nitro benzene ring substituents is 1. The van der Waals surface area contributed by atoms with Gasteiger partial charge in [-0.05, 0) is 24.6 Å². The quantitative estimate of drug-likeness (QED) is 0.409. The molecule has 0 radical (unpaired) electrons. The maximum Gasteiger partial charge on any atom is 0.270 e. The molecule has 106 valence electrons. The maximum atomic E-state index is 10.6. The van der Waals surface area contributed by atoms with E-state index in [0.717, 1.165) is 23.0 Å². The average molecular weight is 333 g/mol. The molecular weight excluding hydrogens is 316 g/mol. The number of nitrogens with one attached hydrogen (secondary N) is 1. The normalized spacial score (nSPS) is 10.6. The highest BCUT2D eigenvalue weighted by Crippen LogP contribution is 2.22. The van der Waals surface area contributed by atoms with Gasteiger partial charge < -0.3 is 15.2 Å². The molecule has 0 amide bonds. The van der Waals surface area contributed by atoms with Crippen molar-refractivity contribution in [2.75, 3.05) is 26.4 Å². The first-order valence-corrected chi connectivity index (χ1v) is 6.76. The summed E-state index contributed by atoms with van der Waals surface area (Å²) in [6.07, 6.45) is 0.852. The summed E-state index contributed by atoms with van der Waals surface area (Å²) in [5, 5.41) is 22.3. The van der Waals surface area contributed by atoms with E-state index in [9.17, 15) is 10.1 Å². The molecule has 0 aliphatic rings. The third-order valence-corrected chi connectivity index (χ3v) is 3.18. The fourth-order valence-electron chi connectivity index (χ4n) is 1.48. The first-order valence-electron chi connectivity index (χ1n) is 5.97. The summed E-state index contributed by atoms with van der Waals surface area (Å²) < 4.78 is 5.85. The lowest BCUT2D eigenvalue weighted by Gasteiger charge is -2.07. The highest BCUT2D eigenvalue weighted by molar-refractivity contribution is 9.10. The summed E-state index contributed by atoms with van der Waals surface area (Å²) in [6, 6.07) is 4.73. The number of hydrogen-bond donors (Lipinski definition) is 2. The molecule has 1 aromatic rings. The van der Waals surface area contributed by atoms with Gasteiger partial charge in [0.1, 0.15) is 0 Å². The minimum absolute atomic E-state index is 0.0448. The monoisotopic (exact) mass is 332 g/mol.